The number of hydrogen-bond donors (Lipinski definition) is 1. The summed E-state index contributed by atoms with van der Waals surface area (Å²) < 4.78 is 21.2. The van der Waals surface area contributed by atoms with Gasteiger partial charge in [0.25, 0.3) is 0 Å². The number of hydrogen-bond acceptors (Lipinski definition) is 4. The van der Waals surface area contributed by atoms with Crippen LogP contribution in [0.3, 0.4) is 0 Å². The Morgan fingerprint density at radius 1 is 1.45 bits per heavy atom. The van der Waals surface area contributed by atoms with Crippen LogP contribution >= 0.6 is 0 Å². The molecule has 1 atom stereocenters. The summed E-state index contributed by atoms with van der Waals surface area (Å²) in [5.74, 6) is 0.537. The Kier molecular flexibility index (Phi) is 4.68. The van der Waals surface area contributed by atoms with Gasteiger partial charge in [-0.15, -0.1) is 0 Å². The van der Waals surface area contributed by atoms with E-state index in [1.54, 1.807) is 10.7 Å². The Bertz CT molecular complexity index is 570. The molecule has 0 aliphatic rings. The third-order valence-corrected chi connectivity index (χ3v) is 3.24. The van der Waals surface area contributed by atoms with Gasteiger partial charge in [-0.3, -0.25) is 0 Å². The zero-order valence-electron chi connectivity index (χ0n) is 11.9. The minimum absolute atomic E-state index is 0.0988. The highest BCUT2D eigenvalue weighted by Gasteiger charge is 2.10. The number of aromatic nitrogens is 3. The topological polar surface area (TPSA) is 52.0 Å². The molecule has 2 rings (SSSR count). The number of nitrogens with one attached hydrogen (secondary N) is 1. The van der Waals surface area contributed by atoms with E-state index in [1.807, 2.05) is 27.0 Å². The molecule has 0 aliphatic carbocycles. The van der Waals surface area contributed by atoms with Gasteiger partial charge in [0.15, 0.2) is 17.4 Å². The molecule has 0 fully saturated rings. The average molecular weight is 278 g/mol. The zero-order valence-corrected chi connectivity index (χ0v) is 11.9. The van der Waals surface area contributed by atoms with E-state index in [2.05, 4.69) is 15.4 Å². The van der Waals surface area contributed by atoms with E-state index in [4.69, 9.17) is 4.74 Å². The molecule has 1 aromatic heterocycles. The van der Waals surface area contributed by atoms with E-state index in [0.717, 1.165) is 5.56 Å². The molecule has 20 heavy (non-hydrogen) atoms. The van der Waals surface area contributed by atoms with Crippen molar-refractivity contribution in [3.8, 4) is 5.75 Å². The van der Waals surface area contributed by atoms with Gasteiger partial charge in [-0.25, -0.2) is 14.1 Å². The molecule has 0 saturated heterocycles. The summed E-state index contributed by atoms with van der Waals surface area (Å²) in [4.78, 5) is 4.09. The summed E-state index contributed by atoms with van der Waals surface area (Å²) in [5, 5.41) is 7.11. The minimum atomic E-state index is -0.368. The zero-order chi connectivity index (χ0) is 14.5. The number of halogens is 1. The molecule has 0 radical (unpaired) electrons. The lowest BCUT2D eigenvalue weighted by Gasteiger charge is -2.13. The Hall–Kier alpha value is -1.95. The van der Waals surface area contributed by atoms with Crippen molar-refractivity contribution in [3.05, 3.63) is 41.7 Å². The molecule has 0 spiro atoms. The van der Waals surface area contributed by atoms with Gasteiger partial charge >= 0.3 is 0 Å². The van der Waals surface area contributed by atoms with Crippen molar-refractivity contribution in [3.63, 3.8) is 0 Å². The van der Waals surface area contributed by atoms with E-state index < -0.39 is 0 Å². The molecule has 0 bridgehead atoms. The van der Waals surface area contributed by atoms with E-state index >= 15 is 0 Å². The Labute approximate surface area is 117 Å². The lowest BCUT2D eigenvalue weighted by atomic mass is 10.1. The molecule has 0 saturated carbocycles. The lowest BCUT2D eigenvalue weighted by molar-refractivity contribution is 0.273. The third-order valence-electron chi connectivity index (χ3n) is 3.24. The summed E-state index contributed by atoms with van der Waals surface area (Å²) in [6.45, 7) is 4.84. The van der Waals surface area contributed by atoms with Crippen LogP contribution in [0.15, 0.2) is 24.5 Å². The minimum Gasteiger partial charge on any atom is -0.483 e. The Morgan fingerprint density at radius 3 is 2.90 bits per heavy atom. The number of ether oxygens (including phenoxy) is 1. The molecule has 108 valence electrons. The normalized spacial score (nSPS) is 12.4. The maximum absolute atomic E-state index is 14.0. The predicted molar refractivity (Wildman–Crippen MR) is 73.9 cm³/mol. The van der Waals surface area contributed by atoms with Gasteiger partial charge < -0.3 is 10.1 Å². The summed E-state index contributed by atoms with van der Waals surface area (Å²) in [6, 6.07) is 5.08. The first-order valence-electron chi connectivity index (χ1n) is 6.62. The lowest BCUT2D eigenvalue weighted by Crippen LogP contribution is -2.12. The maximum Gasteiger partial charge on any atom is 0.165 e. The van der Waals surface area contributed by atoms with Crippen LogP contribution in [-0.4, -0.2) is 21.8 Å². The quantitative estimate of drug-likeness (QED) is 0.881. The fourth-order valence-electron chi connectivity index (χ4n) is 1.88. The van der Waals surface area contributed by atoms with Crippen LogP contribution in [0, 0.1) is 5.82 Å². The van der Waals surface area contributed by atoms with Crippen LogP contribution < -0.4 is 10.1 Å². The van der Waals surface area contributed by atoms with Crippen LogP contribution in [0.25, 0.3) is 0 Å². The highest BCUT2D eigenvalue weighted by atomic mass is 19.1. The molecular weight excluding hydrogens is 259 g/mol. The predicted octanol–water partition coefficient (Wildman–Crippen LogP) is 2.30. The Balaban J connectivity index is 2.07. The van der Waals surface area contributed by atoms with Gasteiger partial charge in [-0.2, -0.15) is 5.10 Å². The summed E-state index contributed by atoms with van der Waals surface area (Å²) in [6.07, 6.45) is 1.47. The van der Waals surface area contributed by atoms with Gasteiger partial charge in [0, 0.05) is 12.6 Å². The van der Waals surface area contributed by atoms with E-state index in [9.17, 15) is 4.39 Å². The Morgan fingerprint density at radius 2 is 2.25 bits per heavy atom. The van der Waals surface area contributed by atoms with E-state index in [1.165, 1.54) is 12.4 Å². The molecule has 0 aliphatic heterocycles. The van der Waals surface area contributed by atoms with Crippen molar-refractivity contribution in [1.82, 2.24) is 20.1 Å². The molecule has 1 aromatic carbocycles. The first-order chi connectivity index (χ1) is 9.65. The van der Waals surface area contributed by atoms with Crippen molar-refractivity contribution < 1.29 is 9.13 Å². The van der Waals surface area contributed by atoms with Crippen molar-refractivity contribution in [1.29, 1.82) is 0 Å². The van der Waals surface area contributed by atoms with Crippen LogP contribution in [-0.2, 0) is 13.2 Å². The fourth-order valence-corrected chi connectivity index (χ4v) is 1.88. The number of benzene rings is 1. The molecule has 2 aromatic rings. The van der Waals surface area contributed by atoms with Crippen LogP contribution in [0.2, 0.25) is 0 Å². The van der Waals surface area contributed by atoms with Gasteiger partial charge in [0.05, 0.1) is 0 Å². The SMILES string of the molecule is CCn1ncnc1COc1ccc(C(C)NC)cc1F. The molecular formula is C14H19FN4O. The molecule has 1 N–H and O–H groups in total. The first-order valence-corrected chi connectivity index (χ1v) is 6.62. The molecule has 1 heterocycles. The largest absolute Gasteiger partial charge is 0.483 e. The second-order valence-corrected chi connectivity index (χ2v) is 4.48. The first kappa shape index (κ1) is 14.5. The summed E-state index contributed by atoms with van der Waals surface area (Å²) in [5.41, 5.74) is 0.883. The summed E-state index contributed by atoms with van der Waals surface area (Å²) in [7, 11) is 1.84. The standard InChI is InChI=1S/C14H19FN4O/c1-4-19-14(17-9-18-19)8-20-13-6-5-11(7-12(13)15)10(2)16-3/h5-7,9-10,16H,4,8H2,1-3H3. The smallest absolute Gasteiger partial charge is 0.165 e. The van der Waals surface area contributed by atoms with Crippen molar-refractivity contribution in [2.45, 2.75) is 33.0 Å². The van der Waals surface area contributed by atoms with E-state index in [0.29, 0.717) is 12.4 Å². The van der Waals surface area contributed by atoms with Gasteiger partial charge in [0.1, 0.15) is 12.9 Å². The third kappa shape index (κ3) is 3.14. The molecule has 5 nitrogen and oxygen atoms in total. The van der Waals surface area contributed by atoms with Gasteiger partial charge in [-0.05, 0) is 38.6 Å². The number of nitrogens with zero attached hydrogens (tertiary/aromatic N) is 3. The van der Waals surface area contributed by atoms with Crippen molar-refractivity contribution in [2.75, 3.05) is 7.05 Å². The highest BCUT2D eigenvalue weighted by Crippen LogP contribution is 2.22. The molecule has 1 unspecified atom stereocenters. The van der Waals surface area contributed by atoms with E-state index in [-0.39, 0.29) is 24.2 Å². The van der Waals surface area contributed by atoms with Crippen LogP contribution in [0.4, 0.5) is 4.39 Å². The summed E-state index contributed by atoms with van der Waals surface area (Å²) >= 11 is 0. The van der Waals surface area contributed by atoms with Gasteiger partial charge in [-0.1, -0.05) is 6.07 Å². The second kappa shape index (κ2) is 6.47. The second-order valence-electron chi connectivity index (χ2n) is 4.48. The molecule has 6 heteroatoms. The monoisotopic (exact) mass is 278 g/mol. The van der Waals surface area contributed by atoms with Crippen LogP contribution in [0.1, 0.15) is 31.3 Å². The number of rotatable bonds is 6. The van der Waals surface area contributed by atoms with Gasteiger partial charge in [0.2, 0.25) is 0 Å². The number of aryl methyl sites for hydroxylation is 1. The van der Waals surface area contributed by atoms with Crippen molar-refractivity contribution >= 4 is 0 Å². The highest BCUT2D eigenvalue weighted by molar-refractivity contribution is 5.30. The molecule has 0 amide bonds. The average Bonchev–Trinajstić information content (AvgIpc) is 2.92. The van der Waals surface area contributed by atoms with Crippen molar-refractivity contribution in [2.24, 2.45) is 0 Å². The fraction of sp³-hybridized carbons (Fsp3) is 0.429. The van der Waals surface area contributed by atoms with Crippen LogP contribution in [0.5, 0.6) is 5.75 Å². The maximum atomic E-state index is 14.0.